The van der Waals surface area contributed by atoms with Gasteiger partial charge in [0.15, 0.2) is 5.96 Å². The van der Waals surface area contributed by atoms with E-state index >= 15 is 0 Å². The number of carboxylic acids is 1. The molecule has 0 aliphatic carbocycles. The minimum atomic E-state index is -1.60. The number of H-pyrrole nitrogens is 1. The molecule has 1 aliphatic rings. The highest BCUT2D eigenvalue weighted by Crippen LogP contribution is 2.48. The third-order valence-corrected chi connectivity index (χ3v) is 14.0. The predicted molar refractivity (Wildman–Crippen MR) is 284 cm³/mol. The molecule has 392 valence electrons. The molecular formula is C55H67N9O9S. The van der Waals surface area contributed by atoms with Gasteiger partial charge in [0.1, 0.15) is 29.8 Å². The van der Waals surface area contributed by atoms with Gasteiger partial charge < -0.3 is 52.5 Å². The molecule has 1 saturated heterocycles. The van der Waals surface area contributed by atoms with Gasteiger partial charge in [0.05, 0.1) is 17.7 Å². The number of aromatic amines is 1. The average Bonchev–Trinajstić information content (AvgIpc) is 4.04. The summed E-state index contributed by atoms with van der Waals surface area (Å²) in [6.45, 7) is 4.70. The second-order valence-electron chi connectivity index (χ2n) is 19.1. The molecule has 74 heavy (non-hydrogen) atoms. The number of para-hydroxylation sites is 1. The van der Waals surface area contributed by atoms with Crippen LogP contribution in [0.3, 0.4) is 0 Å². The van der Waals surface area contributed by atoms with Crippen molar-refractivity contribution in [2.75, 3.05) is 25.4 Å². The molecule has 4 aromatic carbocycles. The zero-order chi connectivity index (χ0) is 53.3. The number of fused-ring (bicyclic) bond motifs is 1. The summed E-state index contributed by atoms with van der Waals surface area (Å²) in [6, 6.07) is 32.4. The Hall–Kier alpha value is -7.67. The monoisotopic (exact) mass is 1030 g/mol. The van der Waals surface area contributed by atoms with Crippen LogP contribution in [0.25, 0.3) is 10.9 Å². The number of likely N-dealkylation sites (tertiary alicyclic amines) is 1. The van der Waals surface area contributed by atoms with Gasteiger partial charge in [-0.3, -0.25) is 33.8 Å². The topological polar surface area (TPSA) is 280 Å². The number of aromatic nitrogens is 1. The van der Waals surface area contributed by atoms with E-state index in [0.29, 0.717) is 30.6 Å². The number of aliphatic carboxylic acids is 1. The standard InChI is InChI=1S/C55H67N9O9S/c1-54(2,3)73-48(67)33-43(50(69)63-44(51(70)64-30-17-27-45(64)52(71)72)32-36-34-59-41-25-14-13-24-40(36)41)62-47(66)35-60-49(68)42(26-15-16-29-58-53(56)57)61-46(65)28-31-74-55(37-18-7-4-8-19-37,38-20-9-5-10-21-38)39-22-11-6-12-23-39/h4-14,18-25,34,42-45,59H,15-17,26-33,35H2,1-3H3,(H,60,68)(H,61,65)(H,62,66)(H,63,69)(H,71,72)(H4,56,57,58)/t42-,43-,44-,45-/m0/s1. The number of hydrogen-bond acceptors (Lipinski definition) is 10. The number of nitrogens with zero attached hydrogens (tertiary/aromatic N) is 2. The van der Waals surface area contributed by atoms with E-state index in [-0.39, 0.29) is 44.7 Å². The van der Waals surface area contributed by atoms with Crippen molar-refractivity contribution in [2.45, 2.75) is 107 Å². The summed E-state index contributed by atoms with van der Waals surface area (Å²) in [5.74, 6) is -5.22. The Morgan fingerprint density at radius 2 is 1.36 bits per heavy atom. The molecular weight excluding hydrogens is 963 g/mol. The summed E-state index contributed by atoms with van der Waals surface area (Å²) >= 11 is 1.60. The number of nitrogens with one attached hydrogen (secondary N) is 5. The molecule has 0 bridgehead atoms. The summed E-state index contributed by atoms with van der Waals surface area (Å²) in [4.78, 5) is 104. The van der Waals surface area contributed by atoms with Gasteiger partial charge in [0.2, 0.25) is 29.5 Å². The fraction of sp³-hybridized carbons (Fsp3) is 0.382. The second kappa shape index (κ2) is 26.3. The number of amides is 5. The summed E-state index contributed by atoms with van der Waals surface area (Å²) in [6.07, 6.45) is 2.81. The van der Waals surface area contributed by atoms with E-state index in [0.717, 1.165) is 27.6 Å². The summed E-state index contributed by atoms with van der Waals surface area (Å²) in [5, 5.41) is 21.4. The molecule has 5 aromatic rings. The number of hydrogen-bond donors (Lipinski definition) is 8. The minimum absolute atomic E-state index is 0.0389. The van der Waals surface area contributed by atoms with Crippen LogP contribution in [-0.2, 0) is 49.5 Å². The third-order valence-electron chi connectivity index (χ3n) is 12.4. The van der Waals surface area contributed by atoms with Gasteiger partial charge in [0.25, 0.3) is 0 Å². The molecule has 6 rings (SSSR count). The highest BCUT2D eigenvalue weighted by molar-refractivity contribution is 8.00. The van der Waals surface area contributed by atoms with Crippen LogP contribution in [0.1, 0.15) is 88.0 Å². The van der Waals surface area contributed by atoms with Gasteiger partial charge in [-0.25, -0.2) is 4.79 Å². The maximum atomic E-state index is 14.3. The predicted octanol–water partition coefficient (Wildman–Crippen LogP) is 4.65. The molecule has 0 saturated carbocycles. The molecule has 18 nitrogen and oxygen atoms in total. The van der Waals surface area contributed by atoms with Gasteiger partial charge in [0, 0.05) is 48.8 Å². The lowest BCUT2D eigenvalue weighted by molar-refractivity contribution is -0.157. The van der Waals surface area contributed by atoms with Crippen molar-refractivity contribution in [2.24, 2.45) is 16.5 Å². The third kappa shape index (κ3) is 15.4. The Morgan fingerprint density at radius 1 is 0.770 bits per heavy atom. The number of ether oxygens (including phenoxy) is 1. The Labute approximate surface area is 435 Å². The van der Waals surface area contributed by atoms with Crippen LogP contribution in [0.2, 0.25) is 0 Å². The van der Waals surface area contributed by atoms with Crippen LogP contribution in [0, 0.1) is 0 Å². The highest BCUT2D eigenvalue weighted by Gasteiger charge is 2.40. The number of guanidine groups is 1. The minimum Gasteiger partial charge on any atom is -0.480 e. The maximum Gasteiger partial charge on any atom is 0.326 e. The van der Waals surface area contributed by atoms with Gasteiger partial charge >= 0.3 is 11.9 Å². The number of esters is 1. The van der Waals surface area contributed by atoms with Crippen LogP contribution in [0.5, 0.6) is 0 Å². The lowest BCUT2D eigenvalue weighted by Gasteiger charge is -2.35. The van der Waals surface area contributed by atoms with Crippen LogP contribution in [-0.4, -0.2) is 118 Å². The van der Waals surface area contributed by atoms with Crippen LogP contribution < -0.4 is 32.7 Å². The van der Waals surface area contributed by atoms with E-state index in [1.54, 1.807) is 38.7 Å². The fourth-order valence-corrected chi connectivity index (χ4v) is 10.5. The lowest BCUT2D eigenvalue weighted by Crippen LogP contribution is -2.57. The quantitative estimate of drug-likeness (QED) is 0.0131. The van der Waals surface area contributed by atoms with Crippen molar-refractivity contribution < 1.29 is 43.4 Å². The zero-order valence-electron chi connectivity index (χ0n) is 42.0. The first-order valence-corrected chi connectivity index (χ1v) is 25.8. The Kier molecular flexibility index (Phi) is 19.8. The molecule has 10 N–H and O–H groups in total. The van der Waals surface area contributed by atoms with Crippen molar-refractivity contribution in [3.8, 4) is 0 Å². The van der Waals surface area contributed by atoms with Crippen LogP contribution in [0.4, 0.5) is 0 Å². The van der Waals surface area contributed by atoms with Crippen molar-refractivity contribution in [1.82, 2.24) is 31.2 Å². The van der Waals surface area contributed by atoms with Gasteiger partial charge in [-0.15, -0.1) is 11.8 Å². The first-order chi connectivity index (χ1) is 35.4. The SMILES string of the molecule is CC(C)(C)OC(=O)C[C@H](NC(=O)CNC(=O)[C@H](CCCCN=C(N)N)NC(=O)CCSC(c1ccccc1)(c1ccccc1)c1ccccc1)C(=O)N[C@@H](Cc1c[nH]c2ccccc12)C(=O)N1CCC[C@H]1C(=O)O. The number of carbonyl (C=O) groups is 7. The molecule has 1 aromatic heterocycles. The molecule has 0 radical (unpaired) electrons. The maximum absolute atomic E-state index is 14.3. The summed E-state index contributed by atoms with van der Waals surface area (Å²) in [5.41, 5.74) is 14.6. The normalized spacial score (nSPS) is 14.7. The van der Waals surface area contributed by atoms with Crippen LogP contribution in [0.15, 0.2) is 126 Å². The number of thioether (sulfide) groups is 1. The number of carboxylic acid groups (broad SMARTS) is 1. The first-order valence-electron chi connectivity index (χ1n) is 24.8. The molecule has 0 unspecified atom stereocenters. The highest BCUT2D eigenvalue weighted by atomic mass is 32.2. The molecule has 1 aliphatic heterocycles. The van der Waals surface area contributed by atoms with E-state index in [2.05, 4.69) is 67.6 Å². The zero-order valence-corrected chi connectivity index (χ0v) is 42.8. The number of nitrogens with two attached hydrogens (primary N) is 2. The van der Waals surface area contributed by atoms with Gasteiger partial charge in [-0.1, -0.05) is 109 Å². The van der Waals surface area contributed by atoms with Crippen molar-refractivity contribution in [1.29, 1.82) is 0 Å². The van der Waals surface area contributed by atoms with Gasteiger partial charge in [-0.05, 0) is 81.2 Å². The van der Waals surface area contributed by atoms with Crippen LogP contribution >= 0.6 is 11.8 Å². The van der Waals surface area contributed by atoms with Crippen molar-refractivity contribution in [3.05, 3.63) is 144 Å². The summed E-state index contributed by atoms with van der Waals surface area (Å²) in [7, 11) is 0. The Morgan fingerprint density at radius 3 is 1.96 bits per heavy atom. The van der Waals surface area contributed by atoms with E-state index in [4.69, 9.17) is 16.2 Å². The second-order valence-corrected chi connectivity index (χ2v) is 20.4. The van der Waals surface area contributed by atoms with Crippen molar-refractivity contribution >= 4 is 70.1 Å². The summed E-state index contributed by atoms with van der Waals surface area (Å²) < 4.78 is 4.83. The molecule has 1 fully saturated rings. The van der Waals surface area contributed by atoms with E-state index in [1.807, 2.05) is 78.9 Å². The molecule has 0 spiro atoms. The largest absolute Gasteiger partial charge is 0.480 e. The number of aliphatic imine (C=N–C) groups is 1. The van der Waals surface area contributed by atoms with E-state index in [1.165, 1.54) is 4.90 Å². The lowest BCUT2D eigenvalue weighted by atomic mass is 9.84. The number of rotatable bonds is 25. The Bertz CT molecular complexity index is 2650. The number of benzene rings is 4. The number of unbranched alkanes of at least 4 members (excludes halogenated alkanes) is 1. The molecule has 5 amide bonds. The smallest absolute Gasteiger partial charge is 0.326 e. The van der Waals surface area contributed by atoms with Crippen molar-refractivity contribution in [3.63, 3.8) is 0 Å². The average molecular weight is 1030 g/mol. The molecule has 19 heteroatoms. The van der Waals surface area contributed by atoms with E-state index in [9.17, 15) is 38.7 Å². The fourth-order valence-electron chi connectivity index (χ4n) is 9.04. The molecule has 4 atom stereocenters. The molecule has 2 heterocycles. The Balaban J connectivity index is 1.16. The van der Waals surface area contributed by atoms with Gasteiger partial charge in [-0.2, -0.15) is 0 Å². The number of carbonyl (C=O) groups excluding carboxylic acids is 6. The van der Waals surface area contributed by atoms with E-state index < -0.39 is 89.0 Å². The first kappa shape index (κ1) is 55.6.